The molecule has 0 saturated heterocycles. The first-order valence-electron chi connectivity index (χ1n) is 7.63. The topological polar surface area (TPSA) is 76.4 Å². The van der Waals surface area contributed by atoms with Gasteiger partial charge in [0.25, 0.3) is 0 Å². The van der Waals surface area contributed by atoms with E-state index in [4.69, 9.17) is 4.74 Å². The first-order valence-corrected chi connectivity index (χ1v) is 7.63. The molecule has 0 aliphatic carbocycles. The Kier molecular flexibility index (Phi) is 8.42. The Labute approximate surface area is 127 Å². The molecule has 0 amide bonds. The number of aliphatic imine (C=N–C) groups is 1. The minimum absolute atomic E-state index is 0.507. The third kappa shape index (κ3) is 6.57. The second-order valence-electron chi connectivity index (χ2n) is 4.79. The van der Waals surface area contributed by atoms with Crippen LogP contribution < -0.4 is 10.6 Å². The van der Waals surface area contributed by atoms with Gasteiger partial charge < -0.3 is 19.9 Å². The Morgan fingerprint density at radius 1 is 1.24 bits per heavy atom. The van der Waals surface area contributed by atoms with Crippen LogP contribution in [0.25, 0.3) is 0 Å². The fourth-order valence-corrected chi connectivity index (χ4v) is 1.68. The van der Waals surface area contributed by atoms with Crippen molar-refractivity contribution in [3.05, 3.63) is 11.6 Å². The molecule has 1 rings (SSSR count). The van der Waals surface area contributed by atoms with Gasteiger partial charge in [-0.25, -0.2) is 4.99 Å². The summed E-state index contributed by atoms with van der Waals surface area (Å²) in [6.07, 6.45) is 2.27. The van der Waals surface area contributed by atoms with Crippen molar-refractivity contribution in [2.75, 3.05) is 26.3 Å². The van der Waals surface area contributed by atoms with Crippen LogP contribution in [0.2, 0.25) is 0 Å². The fraction of sp³-hybridized carbons (Fsp3) is 0.786. The van der Waals surface area contributed by atoms with Crippen molar-refractivity contribution >= 4 is 5.96 Å². The number of nitrogens with zero attached hydrogens (tertiary/aromatic N) is 4. The molecule has 0 aliphatic rings. The van der Waals surface area contributed by atoms with E-state index in [1.165, 1.54) is 0 Å². The predicted octanol–water partition coefficient (Wildman–Crippen LogP) is 0.995. The van der Waals surface area contributed by atoms with E-state index in [1.54, 1.807) is 0 Å². The zero-order valence-corrected chi connectivity index (χ0v) is 13.6. The molecule has 0 radical (unpaired) electrons. The normalized spacial score (nSPS) is 11.7. The quantitative estimate of drug-likeness (QED) is 0.404. The van der Waals surface area contributed by atoms with Crippen LogP contribution in [0, 0.1) is 6.92 Å². The van der Waals surface area contributed by atoms with Gasteiger partial charge in [-0.2, -0.15) is 0 Å². The zero-order chi connectivity index (χ0) is 15.5. The molecule has 1 aromatic heterocycles. The second kappa shape index (κ2) is 10.1. The molecule has 2 N–H and O–H groups in total. The van der Waals surface area contributed by atoms with E-state index in [0.29, 0.717) is 13.2 Å². The van der Waals surface area contributed by atoms with E-state index in [9.17, 15) is 0 Å². The van der Waals surface area contributed by atoms with E-state index in [0.717, 1.165) is 50.1 Å². The first kappa shape index (κ1) is 17.4. The predicted molar refractivity (Wildman–Crippen MR) is 84.3 cm³/mol. The summed E-state index contributed by atoms with van der Waals surface area (Å²) in [6.45, 7) is 9.66. The van der Waals surface area contributed by atoms with Gasteiger partial charge >= 0.3 is 0 Å². The van der Waals surface area contributed by atoms with Crippen LogP contribution in [0.4, 0.5) is 0 Å². The van der Waals surface area contributed by atoms with Crippen molar-refractivity contribution in [1.29, 1.82) is 0 Å². The molecule has 1 aromatic rings. The molecule has 0 saturated carbocycles. The zero-order valence-electron chi connectivity index (χ0n) is 13.6. The van der Waals surface area contributed by atoms with Crippen LogP contribution in [0.3, 0.4) is 0 Å². The highest BCUT2D eigenvalue weighted by Gasteiger charge is 2.04. The lowest BCUT2D eigenvalue weighted by Crippen LogP contribution is -2.39. The van der Waals surface area contributed by atoms with Gasteiger partial charge in [-0.1, -0.05) is 13.3 Å². The van der Waals surface area contributed by atoms with Crippen molar-refractivity contribution in [3.8, 4) is 0 Å². The van der Waals surface area contributed by atoms with Crippen molar-refractivity contribution < 1.29 is 4.74 Å². The van der Waals surface area contributed by atoms with Crippen molar-refractivity contribution in [3.63, 3.8) is 0 Å². The van der Waals surface area contributed by atoms with Gasteiger partial charge in [0.2, 0.25) is 0 Å². The minimum Gasteiger partial charge on any atom is -0.380 e. The Hall–Kier alpha value is -1.63. The summed E-state index contributed by atoms with van der Waals surface area (Å²) in [5.74, 6) is 2.54. The number of aromatic nitrogens is 3. The molecule has 7 nitrogen and oxygen atoms in total. The van der Waals surface area contributed by atoms with Gasteiger partial charge in [-0.05, 0) is 20.3 Å². The van der Waals surface area contributed by atoms with Gasteiger partial charge in [0.05, 0.1) is 6.61 Å². The maximum absolute atomic E-state index is 5.32. The molecule has 0 fully saturated rings. The number of ether oxygens (including phenoxy) is 1. The van der Waals surface area contributed by atoms with E-state index in [1.807, 2.05) is 25.5 Å². The lowest BCUT2D eigenvalue weighted by atomic mass is 10.3. The molecule has 1 heterocycles. The second-order valence-corrected chi connectivity index (χ2v) is 4.79. The highest BCUT2D eigenvalue weighted by atomic mass is 16.5. The average Bonchev–Trinajstić information content (AvgIpc) is 2.80. The van der Waals surface area contributed by atoms with Crippen LogP contribution in [0.15, 0.2) is 4.99 Å². The van der Waals surface area contributed by atoms with Gasteiger partial charge in [-0.15, -0.1) is 10.2 Å². The van der Waals surface area contributed by atoms with Crippen LogP contribution in [-0.2, 0) is 18.3 Å². The van der Waals surface area contributed by atoms with Crippen LogP contribution >= 0.6 is 0 Å². The highest BCUT2D eigenvalue weighted by molar-refractivity contribution is 5.79. The van der Waals surface area contributed by atoms with E-state index >= 15 is 0 Å². The number of hydrogen-bond donors (Lipinski definition) is 2. The molecule has 0 aromatic carbocycles. The Bertz CT molecular complexity index is 429. The molecule has 0 bridgehead atoms. The number of guanidine groups is 1. The van der Waals surface area contributed by atoms with Gasteiger partial charge in [0.15, 0.2) is 11.8 Å². The minimum atomic E-state index is 0.507. The first-order chi connectivity index (χ1) is 10.2. The van der Waals surface area contributed by atoms with Gasteiger partial charge in [-0.3, -0.25) is 0 Å². The molecule has 0 spiro atoms. The van der Waals surface area contributed by atoms with Crippen LogP contribution in [0.1, 0.15) is 38.3 Å². The lowest BCUT2D eigenvalue weighted by molar-refractivity contribution is 0.152. The number of unbranched alkanes of at least 4 members (excludes halogenated alkanes) is 1. The average molecular weight is 296 g/mol. The maximum Gasteiger partial charge on any atom is 0.191 e. The molecule has 0 atom stereocenters. The summed E-state index contributed by atoms with van der Waals surface area (Å²) in [5.41, 5.74) is 0. The Morgan fingerprint density at radius 3 is 2.62 bits per heavy atom. The Balaban J connectivity index is 2.52. The maximum atomic E-state index is 5.32. The number of hydrogen-bond acceptors (Lipinski definition) is 4. The fourth-order valence-electron chi connectivity index (χ4n) is 1.68. The molecule has 0 aliphatic heterocycles. The number of rotatable bonds is 9. The summed E-state index contributed by atoms with van der Waals surface area (Å²) in [6, 6.07) is 0. The lowest BCUT2D eigenvalue weighted by Gasteiger charge is -2.12. The third-order valence-electron chi connectivity index (χ3n) is 3.13. The molecular weight excluding hydrogens is 268 g/mol. The highest BCUT2D eigenvalue weighted by Crippen LogP contribution is 1.99. The van der Waals surface area contributed by atoms with Crippen molar-refractivity contribution in [1.82, 2.24) is 25.4 Å². The van der Waals surface area contributed by atoms with Crippen molar-refractivity contribution in [2.45, 2.75) is 40.2 Å². The summed E-state index contributed by atoms with van der Waals surface area (Å²) >= 11 is 0. The number of aryl methyl sites for hydroxylation is 1. The largest absolute Gasteiger partial charge is 0.380 e. The standard InChI is InChI=1S/C14H28N6O/c1-5-7-8-15-14(16-9-10-21-6-2)17-11-13-19-18-12(3)20(13)4/h5-11H2,1-4H3,(H2,15,16,17). The summed E-state index contributed by atoms with van der Waals surface area (Å²) in [5, 5.41) is 14.7. The van der Waals surface area contributed by atoms with E-state index in [2.05, 4.69) is 32.7 Å². The molecule has 120 valence electrons. The molecule has 7 heteroatoms. The van der Waals surface area contributed by atoms with E-state index < -0.39 is 0 Å². The molecule has 21 heavy (non-hydrogen) atoms. The SMILES string of the molecule is CCCCNC(=NCc1nnc(C)n1C)NCCOCC. The van der Waals surface area contributed by atoms with Crippen LogP contribution in [0.5, 0.6) is 0 Å². The van der Waals surface area contributed by atoms with Gasteiger partial charge in [0.1, 0.15) is 12.4 Å². The van der Waals surface area contributed by atoms with Gasteiger partial charge in [0, 0.05) is 26.7 Å². The van der Waals surface area contributed by atoms with Crippen LogP contribution in [-0.4, -0.2) is 47.0 Å². The third-order valence-corrected chi connectivity index (χ3v) is 3.13. The molecular formula is C14H28N6O. The molecule has 0 unspecified atom stereocenters. The smallest absolute Gasteiger partial charge is 0.191 e. The monoisotopic (exact) mass is 296 g/mol. The Morgan fingerprint density at radius 2 is 2.00 bits per heavy atom. The summed E-state index contributed by atoms with van der Waals surface area (Å²) in [7, 11) is 1.95. The van der Waals surface area contributed by atoms with Crippen molar-refractivity contribution in [2.24, 2.45) is 12.0 Å². The van der Waals surface area contributed by atoms with E-state index in [-0.39, 0.29) is 0 Å². The number of nitrogens with one attached hydrogen (secondary N) is 2. The summed E-state index contributed by atoms with van der Waals surface area (Å²) < 4.78 is 7.27. The summed E-state index contributed by atoms with van der Waals surface area (Å²) in [4.78, 5) is 4.55.